The molecule has 0 aliphatic carbocycles. The Labute approximate surface area is 138 Å². The lowest BCUT2D eigenvalue weighted by molar-refractivity contribution is 0.578. The van der Waals surface area contributed by atoms with Crippen molar-refractivity contribution in [3.05, 3.63) is 54.1 Å². The zero-order valence-electron chi connectivity index (χ0n) is 14.4. The first-order valence-electron chi connectivity index (χ1n) is 8.20. The van der Waals surface area contributed by atoms with E-state index in [9.17, 15) is 0 Å². The fourth-order valence-electron chi connectivity index (χ4n) is 2.92. The van der Waals surface area contributed by atoms with Gasteiger partial charge in [0, 0.05) is 18.2 Å². The summed E-state index contributed by atoms with van der Waals surface area (Å²) in [5, 5.41) is 0. The molecule has 3 aromatic rings. The Morgan fingerprint density at radius 3 is 2.30 bits per heavy atom. The van der Waals surface area contributed by atoms with Gasteiger partial charge in [0.25, 0.3) is 0 Å². The molecular formula is C20H25N3. The van der Waals surface area contributed by atoms with Crippen molar-refractivity contribution in [2.75, 3.05) is 6.54 Å². The lowest BCUT2D eigenvalue weighted by Crippen LogP contribution is -2.17. The van der Waals surface area contributed by atoms with Crippen molar-refractivity contribution < 1.29 is 0 Å². The van der Waals surface area contributed by atoms with E-state index < -0.39 is 0 Å². The monoisotopic (exact) mass is 307 g/mol. The predicted molar refractivity (Wildman–Crippen MR) is 97.6 cm³/mol. The van der Waals surface area contributed by atoms with E-state index in [4.69, 9.17) is 10.7 Å². The smallest absolute Gasteiger partial charge is 0.141 e. The molecule has 0 fully saturated rings. The molecule has 120 valence electrons. The minimum Gasteiger partial charge on any atom is -0.328 e. The third kappa shape index (κ3) is 2.89. The second-order valence-corrected chi connectivity index (χ2v) is 7.21. The largest absolute Gasteiger partial charge is 0.328 e. The molecule has 2 N–H and O–H groups in total. The molecule has 1 unspecified atom stereocenters. The Morgan fingerprint density at radius 1 is 1.04 bits per heavy atom. The average Bonchev–Trinajstić information content (AvgIpc) is 2.93. The fraction of sp³-hybridized carbons (Fsp3) is 0.350. The number of para-hydroxylation sites is 2. The van der Waals surface area contributed by atoms with E-state index in [1.807, 2.05) is 6.07 Å². The van der Waals surface area contributed by atoms with Crippen LogP contribution >= 0.6 is 0 Å². The minimum absolute atomic E-state index is 0.156. The Bertz CT molecular complexity index is 807. The Hall–Kier alpha value is -2.13. The molecule has 0 radical (unpaired) electrons. The van der Waals surface area contributed by atoms with Crippen LogP contribution < -0.4 is 5.73 Å². The molecule has 0 spiro atoms. The standard InChI is InChI=1S/C20H25N3/c1-14(13-21)23-18-8-6-5-7-17(18)22-19(23)15-9-11-16(12-10-15)20(2,3)4/h5-12,14H,13,21H2,1-4H3. The summed E-state index contributed by atoms with van der Waals surface area (Å²) < 4.78 is 2.25. The van der Waals surface area contributed by atoms with Gasteiger partial charge in [-0.3, -0.25) is 0 Å². The molecule has 0 saturated carbocycles. The Balaban J connectivity index is 2.15. The molecule has 0 aliphatic heterocycles. The zero-order valence-corrected chi connectivity index (χ0v) is 14.4. The lowest BCUT2D eigenvalue weighted by Gasteiger charge is -2.20. The van der Waals surface area contributed by atoms with Crippen LogP contribution in [0.15, 0.2) is 48.5 Å². The van der Waals surface area contributed by atoms with Crippen LogP contribution in [0.1, 0.15) is 39.3 Å². The van der Waals surface area contributed by atoms with Crippen molar-refractivity contribution >= 4 is 11.0 Å². The number of fused-ring (bicyclic) bond motifs is 1. The van der Waals surface area contributed by atoms with E-state index in [0.29, 0.717) is 6.54 Å². The molecule has 2 aromatic carbocycles. The van der Waals surface area contributed by atoms with E-state index in [1.54, 1.807) is 0 Å². The molecule has 3 heteroatoms. The molecule has 1 atom stereocenters. The fourth-order valence-corrected chi connectivity index (χ4v) is 2.92. The number of imidazole rings is 1. The number of benzene rings is 2. The quantitative estimate of drug-likeness (QED) is 0.773. The van der Waals surface area contributed by atoms with Crippen LogP contribution in [-0.4, -0.2) is 16.1 Å². The van der Waals surface area contributed by atoms with Crippen molar-refractivity contribution in [1.29, 1.82) is 0 Å². The van der Waals surface area contributed by atoms with Gasteiger partial charge >= 0.3 is 0 Å². The average molecular weight is 307 g/mol. The van der Waals surface area contributed by atoms with Crippen molar-refractivity contribution in [1.82, 2.24) is 9.55 Å². The molecular weight excluding hydrogens is 282 g/mol. The highest BCUT2D eigenvalue weighted by Gasteiger charge is 2.18. The summed E-state index contributed by atoms with van der Waals surface area (Å²) in [4.78, 5) is 4.85. The van der Waals surface area contributed by atoms with Gasteiger partial charge in [0.15, 0.2) is 0 Å². The van der Waals surface area contributed by atoms with Crippen LogP contribution in [0.2, 0.25) is 0 Å². The van der Waals surface area contributed by atoms with Crippen LogP contribution in [0.4, 0.5) is 0 Å². The number of aromatic nitrogens is 2. The van der Waals surface area contributed by atoms with Crippen molar-refractivity contribution in [3.63, 3.8) is 0 Å². The number of hydrogen-bond donors (Lipinski definition) is 1. The van der Waals surface area contributed by atoms with Crippen LogP contribution in [0.3, 0.4) is 0 Å². The summed E-state index contributed by atoms with van der Waals surface area (Å²) >= 11 is 0. The van der Waals surface area contributed by atoms with Crippen molar-refractivity contribution in [2.24, 2.45) is 5.73 Å². The summed E-state index contributed by atoms with van der Waals surface area (Å²) in [6.07, 6.45) is 0. The third-order valence-corrected chi connectivity index (χ3v) is 4.39. The van der Waals surface area contributed by atoms with Crippen LogP contribution in [0, 0.1) is 0 Å². The molecule has 0 amide bonds. The van der Waals surface area contributed by atoms with Gasteiger partial charge in [0.2, 0.25) is 0 Å². The highest BCUT2D eigenvalue weighted by Crippen LogP contribution is 2.30. The normalized spacial score (nSPS) is 13.4. The summed E-state index contributed by atoms with van der Waals surface area (Å²) in [6.45, 7) is 9.42. The first kappa shape index (κ1) is 15.8. The number of hydrogen-bond acceptors (Lipinski definition) is 2. The number of rotatable bonds is 3. The molecule has 1 aromatic heterocycles. The van der Waals surface area contributed by atoms with E-state index in [0.717, 1.165) is 22.4 Å². The van der Waals surface area contributed by atoms with E-state index in [2.05, 4.69) is 74.7 Å². The van der Waals surface area contributed by atoms with Gasteiger partial charge in [-0.05, 0) is 30.0 Å². The molecule has 3 nitrogen and oxygen atoms in total. The van der Waals surface area contributed by atoms with Gasteiger partial charge in [-0.25, -0.2) is 4.98 Å². The van der Waals surface area contributed by atoms with Gasteiger partial charge in [-0.15, -0.1) is 0 Å². The number of nitrogens with two attached hydrogens (primary N) is 1. The Kier molecular flexibility index (Phi) is 3.99. The molecule has 0 bridgehead atoms. The highest BCUT2D eigenvalue weighted by atomic mass is 15.1. The van der Waals surface area contributed by atoms with Crippen LogP contribution in [0.25, 0.3) is 22.4 Å². The second kappa shape index (κ2) is 5.82. The minimum atomic E-state index is 0.156. The molecule has 1 heterocycles. The van der Waals surface area contributed by atoms with Gasteiger partial charge in [-0.1, -0.05) is 57.2 Å². The van der Waals surface area contributed by atoms with Gasteiger partial charge in [0.1, 0.15) is 5.82 Å². The van der Waals surface area contributed by atoms with Gasteiger partial charge in [-0.2, -0.15) is 0 Å². The van der Waals surface area contributed by atoms with E-state index >= 15 is 0 Å². The summed E-state index contributed by atoms with van der Waals surface area (Å²) in [5.74, 6) is 0.990. The summed E-state index contributed by atoms with van der Waals surface area (Å²) in [6, 6.07) is 17.2. The SMILES string of the molecule is CC(CN)n1c(-c2ccc(C(C)(C)C)cc2)nc2ccccc21. The number of nitrogens with zero attached hydrogens (tertiary/aromatic N) is 2. The molecule has 3 rings (SSSR count). The third-order valence-electron chi connectivity index (χ3n) is 4.39. The van der Waals surface area contributed by atoms with Crippen molar-refractivity contribution in [3.8, 4) is 11.4 Å². The topological polar surface area (TPSA) is 43.8 Å². The predicted octanol–water partition coefficient (Wildman–Crippen LogP) is 4.52. The molecule has 23 heavy (non-hydrogen) atoms. The van der Waals surface area contributed by atoms with Crippen LogP contribution in [0.5, 0.6) is 0 Å². The second-order valence-electron chi connectivity index (χ2n) is 7.21. The maximum Gasteiger partial charge on any atom is 0.141 e. The highest BCUT2D eigenvalue weighted by molar-refractivity contribution is 5.80. The zero-order chi connectivity index (χ0) is 16.6. The van der Waals surface area contributed by atoms with E-state index in [-0.39, 0.29) is 11.5 Å². The van der Waals surface area contributed by atoms with Gasteiger partial charge < -0.3 is 10.3 Å². The van der Waals surface area contributed by atoms with Gasteiger partial charge in [0.05, 0.1) is 11.0 Å². The first-order chi connectivity index (χ1) is 10.9. The van der Waals surface area contributed by atoms with Crippen molar-refractivity contribution in [2.45, 2.75) is 39.2 Å². The lowest BCUT2D eigenvalue weighted by atomic mass is 9.86. The van der Waals surface area contributed by atoms with Crippen LogP contribution in [-0.2, 0) is 5.41 Å². The van der Waals surface area contributed by atoms with E-state index in [1.165, 1.54) is 5.56 Å². The summed E-state index contributed by atoms with van der Waals surface area (Å²) in [5.41, 5.74) is 10.7. The first-order valence-corrected chi connectivity index (χ1v) is 8.20. The summed E-state index contributed by atoms with van der Waals surface area (Å²) in [7, 11) is 0. The Morgan fingerprint density at radius 2 is 1.70 bits per heavy atom. The maximum atomic E-state index is 5.93. The molecule has 0 saturated heterocycles. The maximum absolute atomic E-state index is 5.93. The molecule has 0 aliphatic rings.